The van der Waals surface area contributed by atoms with Crippen LogP contribution < -0.4 is 9.64 Å². The Morgan fingerprint density at radius 2 is 2.10 bits per heavy atom. The molecular formula is C15H10BrFINO2. The smallest absolute Gasteiger partial charge is 0.265 e. The third-order valence-electron chi connectivity index (χ3n) is 3.20. The Balaban J connectivity index is 1.98. The molecule has 0 N–H and O–H groups in total. The van der Waals surface area contributed by atoms with Gasteiger partial charge >= 0.3 is 0 Å². The van der Waals surface area contributed by atoms with Gasteiger partial charge in [-0.2, -0.15) is 0 Å². The number of benzene rings is 2. The number of carbonyl (C=O) groups is 1. The molecule has 1 aliphatic rings. The van der Waals surface area contributed by atoms with Gasteiger partial charge in [-0.05, 0) is 59.0 Å². The van der Waals surface area contributed by atoms with Crippen molar-refractivity contribution in [3.63, 3.8) is 0 Å². The monoisotopic (exact) mass is 461 g/mol. The molecule has 108 valence electrons. The Kier molecular flexibility index (Phi) is 4.17. The Bertz CT molecular complexity index is 723. The molecular weight excluding hydrogens is 452 g/mol. The molecule has 21 heavy (non-hydrogen) atoms. The molecule has 3 rings (SSSR count). The number of nitrogens with zero attached hydrogens (tertiary/aromatic N) is 1. The second-order valence-corrected chi connectivity index (χ2v) is 6.78. The van der Waals surface area contributed by atoms with Crippen LogP contribution in [0.3, 0.4) is 0 Å². The standard InChI is InChI=1S/C15H10BrFINO2/c16-10-1-3-12(17)9(5-10)7-19-13-4-2-11(18)6-14(13)21-8-15(19)20/h1-6H,7-8H2. The lowest BCUT2D eigenvalue weighted by molar-refractivity contribution is -0.121. The zero-order chi connectivity index (χ0) is 15.0. The van der Waals surface area contributed by atoms with E-state index in [1.165, 1.54) is 6.07 Å². The average molecular weight is 462 g/mol. The van der Waals surface area contributed by atoms with Gasteiger partial charge in [0.05, 0.1) is 12.2 Å². The fourth-order valence-corrected chi connectivity index (χ4v) is 3.06. The number of rotatable bonds is 2. The minimum absolute atomic E-state index is 0.0251. The summed E-state index contributed by atoms with van der Waals surface area (Å²) < 4.78 is 21.1. The molecule has 0 fully saturated rings. The van der Waals surface area contributed by atoms with Gasteiger partial charge in [0.15, 0.2) is 6.61 Å². The molecule has 0 aliphatic carbocycles. The summed E-state index contributed by atoms with van der Waals surface area (Å²) in [6.45, 7) is 0.157. The SMILES string of the molecule is O=C1COc2cc(I)ccc2N1Cc1cc(Br)ccc1F. The van der Waals surface area contributed by atoms with Crippen LogP contribution in [0, 0.1) is 9.39 Å². The van der Waals surface area contributed by atoms with E-state index in [-0.39, 0.29) is 24.9 Å². The zero-order valence-corrected chi connectivity index (χ0v) is 14.5. The Labute approximate surface area is 143 Å². The third-order valence-corrected chi connectivity index (χ3v) is 4.37. The van der Waals surface area contributed by atoms with Gasteiger partial charge < -0.3 is 9.64 Å². The molecule has 0 saturated carbocycles. The van der Waals surface area contributed by atoms with E-state index in [4.69, 9.17) is 4.74 Å². The first-order chi connectivity index (χ1) is 10.0. The molecule has 3 nitrogen and oxygen atoms in total. The Morgan fingerprint density at radius 3 is 2.90 bits per heavy atom. The quantitative estimate of drug-likeness (QED) is 0.629. The normalized spacial score (nSPS) is 13.9. The second kappa shape index (κ2) is 5.92. The average Bonchev–Trinajstić information content (AvgIpc) is 2.45. The van der Waals surface area contributed by atoms with E-state index >= 15 is 0 Å². The highest BCUT2D eigenvalue weighted by Crippen LogP contribution is 2.34. The maximum absolute atomic E-state index is 13.9. The van der Waals surface area contributed by atoms with E-state index < -0.39 is 0 Å². The van der Waals surface area contributed by atoms with Gasteiger partial charge in [-0.25, -0.2) is 4.39 Å². The van der Waals surface area contributed by atoms with Crippen LogP contribution in [0.1, 0.15) is 5.56 Å². The molecule has 0 atom stereocenters. The largest absolute Gasteiger partial charge is 0.482 e. The molecule has 1 heterocycles. The molecule has 0 bridgehead atoms. The molecule has 0 aromatic heterocycles. The first-order valence-corrected chi connectivity index (χ1v) is 8.08. The number of amides is 1. The molecule has 0 spiro atoms. The summed E-state index contributed by atoms with van der Waals surface area (Å²) in [4.78, 5) is 13.7. The number of ether oxygens (including phenoxy) is 1. The van der Waals surface area contributed by atoms with Crippen molar-refractivity contribution in [2.75, 3.05) is 11.5 Å². The van der Waals surface area contributed by atoms with E-state index in [1.54, 1.807) is 17.0 Å². The summed E-state index contributed by atoms with van der Waals surface area (Å²) in [6, 6.07) is 10.3. The summed E-state index contributed by atoms with van der Waals surface area (Å²) in [7, 11) is 0. The van der Waals surface area contributed by atoms with Crippen LogP contribution >= 0.6 is 38.5 Å². The van der Waals surface area contributed by atoms with Gasteiger partial charge in [-0.3, -0.25) is 4.79 Å². The molecule has 6 heteroatoms. The molecule has 0 saturated heterocycles. The molecule has 0 radical (unpaired) electrons. The summed E-state index contributed by atoms with van der Waals surface area (Å²) in [5.74, 6) is 0.143. The lowest BCUT2D eigenvalue weighted by Gasteiger charge is -2.29. The van der Waals surface area contributed by atoms with Gasteiger partial charge in [-0.15, -0.1) is 0 Å². The Morgan fingerprint density at radius 1 is 1.29 bits per heavy atom. The van der Waals surface area contributed by atoms with Gasteiger partial charge in [0.1, 0.15) is 11.6 Å². The fourth-order valence-electron chi connectivity index (χ4n) is 2.19. The lowest BCUT2D eigenvalue weighted by atomic mass is 10.1. The molecule has 2 aromatic carbocycles. The molecule has 2 aromatic rings. The number of fused-ring (bicyclic) bond motifs is 1. The summed E-state index contributed by atoms with van der Waals surface area (Å²) in [6.07, 6.45) is 0. The summed E-state index contributed by atoms with van der Waals surface area (Å²) in [5.41, 5.74) is 1.13. The van der Waals surface area contributed by atoms with Crippen LogP contribution in [0.4, 0.5) is 10.1 Å². The zero-order valence-electron chi connectivity index (χ0n) is 10.8. The molecule has 1 aliphatic heterocycles. The number of hydrogen-bond acceptors (Lipinski definition) is 2. The highest BCUT2D eigenvalue weighted by Gasteiger charge is 2.26. The van der Waals surface area contributed by atoms with Crippen LogP contribution in [0.2, 0.25) is 0 Å². The fraction of sp³-hybridized carbons (Fsp3) is 0.133. The van der Waals surface area contributed by atoms with Crippen LogP contribution in [0.5, 0.6) is 5.75 Å². The van der Waals surface area contributed by atoms with E-state index in [0.29, 0.717) is 17.0 Å². The van der Waals surface area contributed by atoms with Gasteiger partial charge in [0.2, 0.25) is 0 Å². The van der Waals surface area contributed by atoms with Gasteiger partial charge in [0.25, 0.3) is 5.91 Å². The van der Waals surface area contributed by atoms with Crippen molar-refractivity contribution in [1.82, 2.24) is 0 Å². The highest BCUT2D eigenvalue weighted by atomic mass is 127. The number of anilines is 1. The van der Waals surface area contributed by atoms with Gasteiger partial charge in [-0.1, -0.05) is 15.9 Å². The maximum atomic E-state index is 13.9. The van der Waals surface area contributed by atoms with Gasteiger partial charge in [0, 0.05) is 13.6 Å². The van der Waals surface area contributed by atoms with Crippen LogP contribution in [-0.2, 0) is 11.3 Å². The lowest BCUT2D eigenvalue weighted by Crippen LogP contribution is -2.38. The van der Waals surface area contributed by atoms with Crippen molar-refractivity contribution >= 4 is 50.1 Å². The second-order valence-electron chi connectivity index (χ2n) is 4.62. The van der Waals surface area contributed by atoms with Crippen molar-refractivity contribution in [1.29, 1.82) is 0 Å². The van der Waals surface area contributed by atoms with E-state index in [1.807, 2.05) is 18.2 Å². The van der Waals surface area contributed by atoms with E-state index in [9.17, 15) is 9.18 Å². The maximum Gasteiger partial charge on any atom is 0.265 e. The predicted octanol–water partition coefficient (Wildman–Crippen LogP) is 4.12. The molecule has 0 unspecified atom stereocenters. The van der Waals surface area contributed by atoms with E-state index in [0.717, 1.165) is 8.04 Å². The van der Waals surface area contributed by atoms with Crippen LogP contribution in [0.25, 0.3) is 0 Å². The van der Waals surface area contributed by atoms with Crippen molar-refractivity contribution in [3.05, 3.63) is 55.8 Å². The third kappa shape index (κ3) is 3.06. The summed E-state index contributed by atoms with van der Waals surface area (Å²) >= 11 is 5.50. The molecule has 1 amide bonds. The van der Waals surface area contributed by atoms with Crippen molar-refractivity contribution < 1.29 is 13.9 Å². The van der Waals surface area contributed by atoms with Crippen molar-refractivity contribution in [2.24, 2.45) is 0 Å². The topological polar surface area (TPSA) is 29.5 Å². The number of halogens is 3. The number of carbonyl (C=O) groups excluding carboxylic acids is 1. The summed E-state index contributed by atoms with van der Waals surface area (Å²) in [5, 5.41) is 0. The predicted molar refractivity (Wildman–Crippen MR) is 89.9 cm³/mol. The minimum Gasteiger partial charge on any atom is -0.482 e. The Hall–Kier alpha value is -1.15. The number of hydrogen-bond donors (Lipinski definition) is 0. The highest BCUT2D eigenvalue weighted by molar-refractivity contribution is 14.1. The minimum atomic E-state index is -0.329. The van der Waals surface area contributed by atoms with Crippen molar-refractivity contribution in [3.8, 4) is 5.75 Å². The first-order valence-electron chi connectivity index (χ1n) is 6.21. The van der Waals surface area contributed by atoms with Crippen molar-refractivity contribution in [2.45, 2.75) is 6.54 Å². The first kappa shape index (κ1) is 14.8. The van der Waals surface area contributed by atoms with Crippen LogP contribution in [-0.4, -0.2) is 12.5 Å². The van der Waals surface area contributed by atoms with E-state index in [2.05, 4.69) is 38.5 Å². The van der Waals surface area contributed by atoms with Crippen LogP contribution in [0.15, 0.2) is 40.9 Å².